The van der Waals surface area contributed by atoms with Crippen LogP contribution >= 0.6 is 0 Å². The minimum atomic E-state index is -1.51. The molecule has 8 nitrogen and oxygen atoms in total. The molecule has 1 fully saturated rings. The quantitative estimate of drug-likeness (QED) is 0.525. The van der Waals surface area contributed by atoms with E-state index >= 15 is 0 Å². The first-order chi connectivity index (χ1) is 16.2. The Labute approximate surface area is 199 Å². The second-order valence-electron chi connectivity index (χ2n) is 9.05. The summed E-state index contributed by atoms with van der Waals surface area (Å²) in [6, 6.07) is 17.5. The summed E-state index contributed by atoms with van der Waals surface area (Å²) in [5, 5.41) is 6.23. The number of nitrogens with zero attached hydrogens (tertiary/aromatic N) is 1. The Hall–Kier alpha value is -3.52. The highest BCUT2D eigenvalue weighted by atomic mass is 16.7. The van der Waals surface area contributed by atoms with E-state index in [2.05, 4.69) is 10.6 Å². The number of nitrogens with one attached hydrogen (secondary N) is 2. The summed E-state index contributed by atoms with van der Waals surface area (Å²) in [6.07, 6.45) is 0.267. The largest absolute Gasteiger partial charge is 0.345 e. The Morgan fingerprint density at radius 2 is 1.59 bits per heavy atom. The molecule has 1 aliphatic rings. The lowest BCUT2D eigenvalue weighted by atomic mass is 9.88. The van der Waals surface area contributed by atoms with Gasteiger partial charge in [-0.05, 0) is 23.5 Å². The van der Waals surface area contributed by atoms with Crippen molar-refractivity contribution in [1.82, 2.24) is 15.7 Å². The molecule has 1 saturated heterocycles. The minimum absolute atomic E-state index is 0.0373. The molecular formula is C26H31N3O5. The summed E-state index contributed by atoms with van der Waals surface area (Å²) in [7, 11) is 0. The van der Waals surface area contributed by atoms with Crippen LogP contribution in [-0.4, -0.2) is 40.3 Å². The highest BCUT2D eigenvalue weighted by Gasteiger charge is 2.54. The first kappa shape index (κ1) is 25.1. The molecule has 0 spiro atoms. The Kier molecular flexibility index (Phi) is 8.17. The molecule has 3 rings (SSSR count). The number of amides is 4. The van der Waals surface area contributed by atoms with E-state index in [1.165, 1.54) is 6.92 Å². The van der Waals surface area contributed by atoms with Gasteiger partial charge in [0.25, 0.3) is 11.8 Å². The third-order valence-corrected chi connectivity index (χ3v) is 5.59. The van der Waals surface area contributed by atoms with Crippen molar-refractivity contribution in [3.63, 3.8) is 0 Å². The van der Waals surface area contributed by atoms with Gasteiger partial charge in [0.2, 0.25) is 11.8 Å². The van der Waals surface area contributed by atoms with Gasteiger partial charge in [-0.25, -0.2) is 0 Å². The van der Waals surface area contributed by atoms with Crippen LogP contribution in [0.5, 0.6) is 0 Å². The van der Waals surface area contributed by atoms with Crippen molar-refractivity contribution in [2.45, 2.75) is 58.2 Å². The average Bonchev–Trinajstić information content (AvgIpc) is 3.01. The number of carbonyl (C=O) groups excluding carboxylic acids is 4. The molecule has 2 N–H and O–H groups in total. The molecule has 0 saturated carbocycles. The van der Waals surface area contributed by atoms with Crippen LogP contribution in [0.15, 0.2) is 60.7 Å². The van der Waals surface area contributed by atoms with Gasteiger partial charge in [-0.15, -0.1) is 0 Å². The van der Waals surface area contributed by atoms with Gasteiger partial charge >= 0.3 is 0 Å². The second kappa shape index (κ2) is 11.1. The molecule has 0 aromatic heterocycles. The summed E-state index contributed by atoms with van der Waals surface area (Å²) in [4.78, 5) is 57.0. The van der Waals surface area contributed by atoms with Crippen LogP contribution in [0.4, 0.5) is 0 Å². The van der Waals surface area contributed by atoms with Crippen molar-refractivity contribution < 1.29 is 24.0 Å². The van der Waals surface area contributed by atoms with Crippen molar-refractivity contribution in [3.05, 3.63) is 71.8 Å². The Morgan fingerprint density at radius 3 is 2.15 bits per heavy atom. The lowest BCUT2D eigenvalue weighted by Crippen LogP contribution is -2.60. The third-order valence-electron chi connectivity index (χ3n) is 5.59. The van der Waals surface area contributed by atoms with Gasteiger partial charge < -0.3 is 10.6 Å². The van der Waals surface area contributed by atoms with E-state index < -0.39 is 29.3 Å². The normalized spacial score (nSPS) is 18.8. The van der Waals surface area contributed by atoms with Crippen molar-refractivity contribution >= 4 is 23.6 Å². The molecule has 0 bridgehead atoms. The third kappa shape index (κ3) is 6.29. The fourth-order valence-corrected chi connectivity index (χ4v) is 4.05. The molecule has 180 valence electrons. The highest BCUT2D eigenvalue weighted by Crippen LogP contribution is 2.29. The average molecular weight is 466 g/mol. The van der Waals surface area contributed by atoms with E-state index in [0.717, 1.165) is 16.2 Å². The second-order valence-corrected chi connectivity index (χ2v) is 9.05. The first-order valence-electron chi connectivity index (χ1n) is 11.4. The van der Waals surface area contributed by atoms with Gasteiger partial charge in [-0.3, -0.25) is 24.0 Å². The standard InChI is InChI=1S/C26H31N3O5/c1-18(2)14-22(27-19(3)30)24(32)28-26(15-20-10-6-4-7-11-20)16-23(31)29(25(26)33)34-17-21-12-8-5-9-13-21/h4-13,18,22H,14-17H2,1-3H3,(H,27,30)(H,28,32)/t22-,26+/m0/s1. The zero-order valence-corrected chi connectivity index (χ0v) is 19.7. The highest BCUT2D eigenvalue weighted by molar-refractivity contribution is 6.09. The van der Waals surface area contributed by atoms with Crippen LogP contribution in [0.2, 0.25) is 0 Å². The Bertz CT molecular complexity index is 1030. The molecule has 34 heavy (non-hydrogen) atoms. The lowest BCUT2D eigenvalue weighted by Gasteiger charge is -2.30. The summed E-state index contributed by atoms with van der Waals surface area (Å²) in [6.45, 7) is 5.25. The first-order valence-corrected chi connectivity index (χ1v) is 11.4. The zero-order chi connectivity index (χ0) is 24.7. The topological polar surface area (TPSA) is 105 Å². The van der Waals surface area contributed by atoms with E-state index in [1.807, 2.05) is 74.5 Å². The minimum Gasteiger partial charge on any atom is -0.345 e. The monoisotopic (exact) mass is 465 g/mol. The molecule has 2 atom stereocenters. The number of hydroxylamine groups is 2. The van der Waals surface area contributed by atoms with Gasteiger partial charge in [-0.2, -0.15) is 5.06 Å². The maximum absolute atomic E-state index is 13.5. The molecule has 1 aliphatic heterocycles. The zero-order valence-electron chi connectivity index (χ0n) is 19.7. The van der Waals surface area contributed by atoms with Crippen LogP contribution in [-0.2, 0) is 37.0 Å². The Morgan fingerprint density at radius 1 is 1.00 bits per heavy atom. The fraction of sp³-hybridized carbons (Fsp3) is 0.385. The van der Waals surface area contributed by atoms with Crippen molar-refractivity contribution in [1.29, 1.82) is 0 Å². The van der Waals surface area contributed by atoms with Crippen molar-refractivity contribution in [2.24, 2.45) is 5.92 Å². The summed E-state index contributed by atoms with van der Waals surface area (Å²) < 4.78 is 0. The fourth-order valence-electron chi connectivity index (χ4n) is 4.05. The van der Waals surface area contributed by atoms with E-state index in [9.17, 15) is 19.2 Å². The number of rotatable bonds is 10. The molecule has 1 heterocycles. The number of hydrogen-bond acceptors (Lipinski definition) is 5. The predicted molar refractivity (Wildman–Crippen MR) is 126 cm³/mol. The molecule has 2 aromatic rings. The summed E-state index contributed by atoms with van der Waals surface area (Å²) in [5.74, 6) is -1.89. The van der Waals surface area contributed by atoms with Crippen molar-refractivity contribution in [3.8, 4) is 0 Å². The van der Waals surface area contributed by atoms with Crippen molar-refractivity contribution in [2.75, 3.05) is 0 Å². The van der Waals surface area contributed by atoms with Crippen LogP contribution < -0.4 is 10.6 Å². The van der Waals surface area contributed by atoms with Crippen LogP contribution in [0, 0.1) is 5.92 Å². The van der Waals surface area contributed by atoms with Gasteiger partial charge in [0.15, 0.2) is 0 Å². The van der Waals surface area contributed by atoms with E-state index in [4.69, 9.17) is 4.84 Å². The molecule has 2 aromatic carbocycles. The van der Waals surface area contributed by atoms with Crippen LogP contribution in [0.3, 0.4) is 0 Å². The Balaban J connectivity index is 1.86. The van der Waals surface area contributed by atoms with E-state index in [0.29, 0.717) is 6.42 Å². The smallest absolute Gasteiger partial charge is 0.280 e. The van der Waals surface area contributed by atoms with Crippen LogP contribution in [0.1, 0.15) is 44.7 Å². The number of imide groups is 1. The van der Waals surface area contributed by atoms with Gasteiger partial charge in [0.1, 0.15) is 18.2 Å². The number of benzene rings is 2. The molecule has 4 amide bonds. The maximum Gasteiger partial charge on any atom is 0.280 e. The summed E-state index contributed by atoms with van der Waals surface area (Å²) in [5.41, 5.74) is 0.0732. The molecule has 0 aliphatic carbocycles. The molecular weight excluding hydrogens is 434 g/mol. The number of hydrogen-bond donors (Lipinski definition) is 2. The maximum atomic E-state index is 13.5. The summed E-state index contributed by atoms with van der Waals surface area (Å²) >= 11 is 0. The molecule has 8 heteroatoms. The SMILES string of the molecule is CC(=O)N[C@@H](CC(C)C)C(=O)N[C@]1(Cc2ccccc2)CC(=O)N(OCc2ccccc2)C1=O. The molecule has 0 radical (unpaired) electrons. The van der Waals surface area contributed by atoms with Crippen LogP contribution in [0.25, 0.3) is 0 Å². The van der Waals surface area contributed by atoms with Gasteiger partial charge in [-0.1, -0.05) is 74.5 Å². The van der Waals surface area contributed by atoms with E-state index in [1.54, 1.807) is 0 Å². The van der Waals surface area contributed by atoms with Gasteiger partial charge in [0, 0.05) is 13.3 Å². The number of carbonyl (C=O) groups is 4. The van der Waals surface area contributed by atoms with E-state index in [-0.39, 0.29) is 31.3 Å². The molecule has 0 unspecified atom stereocenters. The lowest BCUT2D eigenvalue weighted by molar-refractivity contribution is -0.193. The van der Waals surface area contributed by atoms with Gasteiger partial charge in [0.05, 0.1) is 6.42 Å². The predicted octanol–water partition coefficient (Wildman–Crippen LogP) is 2.53.